The van der Waals surface area contributed by atoms with Gasteiger partial charge in [0.15, 0.2) is 0 Å². The van der Waals surface area contributed by atoms with Gasteiger partial charge in [0.25, 0.3) is 0 Å². The van der Waals surface area contributed by atoms with Crippen molar-refractivity contribution in [2.24, 2.45) is 0 Å². The molecular weight excluding hydrogens is 233 g/mol. The number of hydrogen-bond donors (Lipinski definition) is 1. The molecule has 1 rings (SSSR count). The molecule has 0 aromatic heterocycles. The summed E-state index contributed by atoms with van der Waals surface area (Å²) in [6.45, 7) is 5.93. The van der Waals surface area contributed by atoms with Gasteiger partial charge >= 0.3 is 6.09 Å². The molecule has 1 amide bonds. The molecule has 0 bridgehead atoms. The lowest BCUT2D eigenvalue weighted by atomic mass is 9.95. The van der Waals surface area contributed by atoms with Crippen LogP contribution in [0.5, 0.6) is 0 Å². The summed E-state index contributed by atoms with van der Waals surface area (Å²) in [4.78, 5) is 11.3. The van der Waals surface area contributed by atoms with Crippen molar-refractivity contribution in [1.29, 1.82) is 0 Å². The van der Waals surface area contributed by atoms with Gasteiger partial charge in [-0.2, -0.15) is 0 Å². The maximum absolute atomic E-state index is 11.3. The zero-order chi connectivity index (χ0) is 12.2. The summed E-state index contributed by atoms with van der Waals surface area (Å²) in [6.07, 6.45) is -0.413. The predicted octanol–water partition coefficient (Wildman–Crippen LogP) is -0.144. The van der Waals surface area contributed by atoms with Gasteiger partial charge in [-0.1, -0.05) is 29.7 Å². The molecule has 0 saturated heterocycles. The average Bonchev–Trinajstić information content (AvgIpc) is 2.14. The van der Waals surface area contributed by atoms with Crippen LogP contribution in [0.4, 0.5) is 4.79 Å². The lowest BCUT2D eigenvalue weighted by Gasteiger charge is -2.19. The number of benzene rings is 1. The maximum Gasteiger partial charge on any atom is 0.407 e. The second-order valence-electron chi connectivity index (χ2n) is 4.60. The van der Waals surface area contributed by atoms with E-state index in [0.717, 1.165) is 5.56 Å². The van der Waals surface area contributed by atoms with Gasteiger partial charge in [-0.05, 0) is 26.3 Å². The van der Waals surface area contributed by atoms with Gasteiger partial charge in [-0.15, -0.1) is 0 Å². The number of ether oxygens (including phenoxy) is 1. The second kappa shape index (κ2) is 7.73. The fraction of sp³-hybridized carbons (Fsp3) is 0.417. The third kappa shape index (κ3) is 7.70. The van der Waals surface area contributed by atoms with Crippen molar-refractivity contribution < 1.29 is 20.5 Å². The predicted molar refractivity (Wildman–Crippen MR) is 72.1 cm³/mol. The van der Waals surface area contributed by atoms with Crippen molar-refractivity contribution in [1.82, 2.24) is 5.32 Å². The molecule has 0 heterocycles. The van der Waals surface area contributed by atoms with E-state index in [1.54, 1.807) is 12.1 Å². The summed E-state index contributed by atoms with van der Waals surface area (Å²) in [5, 5.41) is 2.67. The Morgan fingerprint density at radius 3 is 2.17 bits per heavy atom. The van der Waals surface area contributed by atoms with Crippen molar-refractivity contribution >= 4 is 19.4 Å². The molecule has 0 saturated carbocycles. The molecule has 6 heteroatoms. The minimum atomic E-state index is -0.467. The third-order valence-corrected chi connectivity index (χ3v) is 1.82. The average molecular weight is 253 g/mol. The van der Waals surface area contributed by atoms with E-state index in [-0.39, 0.29) is 11.0 Å². The van der Waals surface area contributed by atoms with Crippen LogP contribution in [0.25, 0.3) is 0 Å². The Morgan fingerprint density at radius 2 is 1.72 bits per heavy atom. The zero-order valence-electron chi connectivity index (χ0n) is 10.9. The highest BCUT2D eigenvalue weighted by atomic mass is 16.6. The number of carbonyl (C=O) groups excluding carboxylic acids is 1. The van der Waals surface area contributed by atoms with Crippen LogP contribution in [0.3, 0.4) is 0 Å². The van der Waals surface area contributed by atoms with Crippen LogP contribution in [0, 0.1) is 0 Å². The van der Waals surface area contributed by atoms with Gasteiger partial charge in [-0.25, -0.2) is 4.79 Å². The van der Waals surface area contributed by atoms with Crippen molar-refractivity contribution in [3.05, 3.63) is 29.8 Å². The van der Waals surface area contributed by atoms with E-state index in [1.165, 1.54) is 0 Å². The fourth-order valence-corrected chi connectivity index (χ4v) is 1.12. The molecule has 5 N–H and O–H groups in total. The number of alkyl carbamates (subject to hydrolysis) is 1. The van der Waals surface area contributed by atoms with E-state index in [0.29, 0.717) is 12.0 Å². The molecule has 0 atom stereocenters. The lowest BCUT2D eigenvalue weighted by molar-refractivity contribution is 0.0523. The third-order valence-electron chi connectivity index (χ3n) is 1.82. The van der Waals surface area contributed by atoms with E-state index < -0.39 is 11.7 Å². The Kier molecular flexibility index (Phi) is 8.09. The Balaban J connectivity index is 0. The molecule has 0 aliphatic carbocycles. The number of rotatable bonds is 2. The first-order valence-corrected chi connectivity index (χ1v) is 5.18. The van der Waals surface area contributed by atoms with Crippen LogP contribution in [-0.4, -0.2) is 30.5 Å². The van der Waals surface area contributed by atoms with Crippen molar-refractivity contribution in [3.63, 3.8) is 0 Å². The quantitative estimate of drug-likeness (QED) is 0.741. The molecule has 0 spiro atoms. The molecule has 100 valence electrons. The van der Waals surface area contributed by atoms with Gasteiger partial charge in [0.1, 0.15) is 13.4 Å². The first-order valence-electron chi connectivity index (χ1n) is 5.18. The summed E-state index contributed by atoms with van der Waals surface area (Å²) in [5.41, 5.74) is 1.23. The summed E-state index contributed by atoms with van der Waals surface area (Å²) >= 11 is 0. The first-order chi connectivity index (χ1) is 7.37. The first kappa shape index (κ1) is 18.8. The second-order valence-corrected chi connectivity index (χ2v) is 4.60. The van der Waals surface area contributed by atoms with Gasteiger partial charge in [-0.3, -0.25) is 0 Å². The summed E-state index contributed by atoms with van der Waals surface area (Å²) < 4.78 is 5.11. The Bertz CT molecular complexity index is 359. The normalized spacial score (nSPS) is 9.72. The van der Waals surface area contributed by atoms with Gasteiger partial charge in [0.2, 0.25) is 0 Å². The van der Waals surface area contributed by atoms with Crippen LogP contribution in [0.15, 0.2) is 24.3 Å². The maximum atomic E-state index is 11.3. The summed E-state index contributed by atoms with van der Waals surface area (Å²) in [6, 6.07) is 7.33. The smallest absolute Gasteiger partial charge is 0.407 e. The van der Waals surface area contributed by atoms with Crippen LogP contribution in [0.2, 0.25) is 0 Å². The highest BCUT2D eigenvalue weighted by Crippen LogP contribution is 2.06. The number of carbonyl (C=O) groups is 1. The van der Waals surface area contributed by atoms with Gasteiger partial charge < -0.3 is 21.0 Å². The zero-order valence-corrected chi connectivity index (χ0v) is 10.9. The standard InChI is InChI=1S/C12H16BNO2.2H2O/c1-12(2,3)16-11(15)14-8-9-4-6-10(13)7-5-9;;/h4-7H,8H2,1-3H3,(H,14,15);2*1H2. The highest BCUT2D eigenvalue weighted by molar-refractivity contribution is 6.32. The minimum Gasteiger partial charge on any atom is -0.444 e. The van der Waals surface area contributed by atoms with E-state index in [4.69, 9.17) is 12.6 Å². The molecule has 2 radical (unpaired) electrons. The minimum absolute atomic E-state index is 0. The van der Waals surface area contributed by atoms with Crippen molar-refractivity contribution in [2.45, 2.75) is 32.9 Å². The fourth-order valence-electron chi connectivity index (χ4n) is 1.12. The van der Waals surface area contributed by atoms with Crippen molar-refractivity contribution in [3.8, 4) is 0 Å². The van der Waals surface area contributed by atoms with Crippen LogP contribution in [-0.2, 0) is 11.3 Å². The summed E-state index contributed by atoms with van der Waals surface area (Å²) in [7, 11) is 5.55. The van der Waals surface area contributed by atoms with E-state index in [9.17, 15) is 4.79 Å². The summed E-state index contributed by atoms with van der Waals surface area (Å²) in [5.74, 6) is 0. The van der Waals surface area contributed by atoms with Gasteiger partial charge in [0.05, 0.1) is 0 Å². The largest absolute Gasteiger partial charge is 0.444 e. The van der Waals surface area contributed by atoms with E-state index in [1.807, 2.05) is 32.9 Å². The highest BCUT2D eigenvalue weighted by Gasteiger charge is 2.15. The monoisotopic (exact) mass is 253 g/mol. The Morgan fingerprint density at radius 1 is 1.22 bits per heavy atom. The van der Waals surface area contributed by atoms with Gasteiger partial charge in [0, 0.05) is 6.54 Å². The molecular formula is C12H20BNO4. The number of amides is 1. The number of nitrogens with one attached hydrogen (secondary N) is 1. The van der Waals surface area contributed by atoms with E-state index >= 15 is 0 Å². The van der Waals surface area contributed by atoms with E-state index in [2.05, 4.69) is 5.32 Å². The van der Waals surface area contributed by atoms with Crippen LogP contribution in [0.1, 0.15) is 26.3 Å². The van der Waals surface area contributed by atoms with Crippen LogP contribution >= 0.6 is 0 Å². The molecule has 0 unspecified atom stereocenters. The molecule has 1 aromatic rings. The lowest BCUT2D eigenvalue weighted by Crippen LogP contribution is -2.32. The molecule has 0 fully saturated rings. The molecule has 5 nitrogen and oxygen atoms in total. The Labute approximate surface area is 109 Å². The van der Waals surface area contributed by atoms with Crippen LogP contribution < -0.4 is 10.8 Å². The SMILES string of the molecule is O.O.[B]c1ccc(CNC(=O)OC(C)(C)C)cc1. The topological polar surface area (TPSA) is 101 Å². The Hall–Kier alpha value is -1.53. The van der Waals surface area contributed by atoms with Crippen molar-refractivity contribution in [2.75, 3.05) is 0 Å². The number of hydrogen-bond acceptors (Lipinski definition) is 2. The molecule has 0 aliphatic heterocycles. The molecule has 1 aromatic carbocycles. The molecule has 0 aliphatic rings. The molecule has 18 heavy (non-hydrogen) atoms.